The summed E-state index contributed by atoms with van der Waals surface area (Å²) in [5, 5.41) is 0. The summed E-state index contributed by atoms with van der Waals surface area (Å²) in [6.07, 6.45) is 72.7. The summed E-state index contributed by atoms with van der Waals surface area (Å²) < 4.78 is 34.5. The van der Waals surface area contributed by atoms with Gasteiger partial charge < -0.3 is 18.9 Å². The smallest absolute Gasteiger partial charge is 0.462 e. The number of phosphoric acid groups is 1. The second kappa shape index (κ2) is 57.9. The number of phosphoric ester groups is 1. The van der Waals surface area contributed by atoms with Crippen LogP contribution in [0, 0.1) is 0 Å². The van der Waals surface area contributed by atoms with Crippen molar-refractivity contribution in [3.8, 4) is 0 Å². The molecule has 0 bridgehead atoms. The highest BCUT2D eigenvalue weighted by Gasteiger charge is 2.27. The van der Waals surface area contributed by atoms with Crippen molar-refractivity contribution in [1.82, 2.24) is 0 Å². The summed E-state index contributed by atoms with van der Waals surface area (Å²) in [6, 6.07) is 0. The van der Waals surface area contributed by atoms with Crippen LogP contribution in [0.25, 0.3) is 0 Å². The van der Waals surface area contributed by atoms with Gasteiger partial charge in [0.1, 0.15) is 19.8 Å². The lowest BCUT2D eigenvalue weighted by atomic mass is 10.0. The van der Waals surface area contributed by atoms with Gasteiger partial charge in [-0.2, -0.15) is 0 Å². The summed E-state index contributed by atoms with van der Waals surface area (Å²) in [5.41, 5.74) is 0. The lowest BCUT2D eigenvalue weighted by molar-refractivity contribution is -0.870. The molecule has 448 valence electrons. The van der Waals surface area contributed by atoms with E-state index in [1.807, 2.05) is 21.1 Å². The molecule has 0 aromatic heterocycles. The molecule has 0 aliphatic carbocycles. The zero-order valence-corrected chi connectivity index (χ0v) is 51.9. The third kappa shape index (κ3) is 61.4. The summed E-state index contributed by atoms with van der Waals surface area (Å²) in [5.74, 6) is -0.793. The summed E-state index contributed by atoms with van der Waals surface area (Å²) in [7, 11) is 1.49. The number of likely N-dealkylation sites (N-methyl/N-ethyl adjacent to an activating group) is 1. The van der Waals surface area contributed by atoms with Crippen LogP contribution in [0.15, 0.2) is 36.5 Å². The molecule has 1 N–H and O–H groups in total. The number of unbranched alkanes of at least 4 members (excludes halogenated alkanes) is 41. The number of rotatable bonds is 61. The topological polar surface area (TPSA) is 108 Å². The Labute approximate surface area is 471 Å². The van der Waals surface area contributed by atoms with Crippen LogP contribution in [-0.2, 0) is 32.7 Å². The van der Waals surface area contributed by atoms with E-state index in [9.17, 15) is 19.0 Å². The van der Waals surface area contributed by atoms with Crippen LogP contribution in [0.1, 0.15) is 322 Å². The van der Waals surface area contributed by atoms with Gasteiger partial charge in [-0.05, 0) is 70.6 Å². The molecule has 9 nitrogen and oxygen atoms in total. The van der Waals surface area contributed by atoms with Gasteiger partial charge in [0.15, 0.2) is 6.10 Å². The van der Waals surface area contributed by atoms with E-state index in [2.05, 4.69) is 50.3 Å². The van der Waals surface area contributed by atoms with E-state index in [-0.39, 0.29) is 32.0 Å². The van der Waals surface area contributed by atoms with Crippen LogP contribution < -0.4 is 0 Å². The quantitative estimate of drug-likeness (QED) is 0.0211. The Kier molecular flexibility index (Phi) is 56.6. The molecule has 0 aliphatic rings. The second-order valence-electron chi connectivity index (χ2n) is 23.5. The van der Waals surface area contributed by atoms with Gasteiger partial charge in [-0.3, -0.25) is 18.6 Å². The predicted molar refractivity (Wildman–Crippen MR) is 326 cm³/mol. The maximum atomic E-state index is 12.8. The first kappa shape index (κ1) is 74.2. The van der Waals surface area contributed by atoms with Crippen LogP contribution in [0.5, 0.6) is 0 Å². The molecule has 0 heterocycles. The lowest BCUT2D eigenvalue weighted by Crippen LogP contribution is -2.37. The van der Waals surface area contributed by atoms with Crippen LogP contribution in [-0.4, -0.2) is 74.9 Å². The number of nitrogens with zero attached hydrogens (tertiary/aromatic N) is 1. The first-order valence-electron chi connectivity index (χ1n) is 32.7. The molecule has 2 atom stereocenters. The van der Waals surface area contributed by atoms with Crippen molar-refractivity contribution in [2.24, 2.45) is 0 Å². The minimum absolute atomic E-state index is 0.0328. The zero-order valence-electron chi connectivity index (χ0n) is 51.0. The summed E-state index contributed by atoms with van der Waals surface area (Å²) >= 11 is 0. The standard InChI is InChI=1S/C66H126NO8P/c1-6-8-10-12-14-16-18-20-21-22-23-24-25-26-27-28-29-30-31-32-33-34-35-36-37-38-39-40-41-42-43-44-45-47-49-51-53-55-57-59-66(69)75-64(63-74-76(70,71)73-61-60-67(3,4)5)62-72-65(68)58-56-54-52-50-48-46-19-17-15-13-11-9-7-2/h17-20,22-23,64H,6-16,21,24-63H2,1-5H3/p+1/b19-17-,20-18-,23-22-. The Balaban J connectivity index is 3.86. The van der Waals surface area contributed by atoms with E-state index < -0.39 is 26.5 Å². The third-order valence-corrected chi connectivity index (χ3v) is 15.6. The number of quaternary nitrogens is 1. The minimum Gasteiger partial charge on any atom is -0.462 e. The Morgan fingerprint density at radius 3 is 1.07 bits per heavy atom. The zero-order chi connectivity index (χ0) is 55.6. The molecule has 76 heavy (non-hydrogen) atoms. The molecular formula is C66H127NO8P+. The fourth-order valence-electron chi connectivity index (χ4n) is 9.57. The fraction of sp³-hybridized carbons (Fsp3) is 0.879. The first-order chi connectivity index (χ1) is 37.0. The first-order valence-corrected chi connectivity index (χ1v) is 34.2. The number of esters is 2. The molecule has 2 unspecified atom stereocenters. The second-order valence-corrected chi connectivity index (χ2v) is 25.0. The summed E-state index contributed by atoms with van der Waals surface area (Å²) in [6.45, 7) is 4.44. The van der Waals surface area contributed by atoms with Gasteiger partial charge in [0.05, 0.1) is 27.7 Å². The monoisotopic (exact) mass is 1090 g/mol. The van der Waals surface area contributed by atoms with Crippen molar-refractivity contribution in [3.63, 3.8) is 0 Å². The van der Waals surface area contributed by atoms with E-state index in [0.29, 0.717) is 17.4 Å². The van der Waals surface area contributed by atoms with E-state index in [1.165, 1.54) is 231 Å². The van der Waals surface area contributed by atoms with Gasteiger partial charge in [-0.25, -0.2) is 4.57 Å². The van der Waals surface area contributed by atoms with Crippen molar-refractivity contribution in [2.45, 2.75) is 328 Å². The number of hydrogen-bond donors (Lipinski definition) is 1. The number of allylic oxidation sites excluding steroid dienone is 6. The SMILES string of the molecule is CCCCCC/C=C\CCCCCCCC(=O)OCC(COP(=O)(O)OCC[N+](C)(C)C)OC(=O)CCCCCCCCCCCCCCCCCCCCCCCCCCCCC/C=C\C/C=C\CCCCCCC. The highest BCUT2D eigenvalue weighted by molar-refractivity contribution is 7.47. The van der Waals surface area contributed by atoms with Crippen LogP contribution >= 0.6 is 7.82 Å². The van der Waals surface area contributed by atoms with E-state index in [0.717, 1.165) is 57.8 Å². The molecule has 0 aromatic rings. The molecule has 0 radical (unpaired) electrons. The van der Waals surface area contributed by atoms with Gasteiger partial charge in [-0.15, -0.1) is 0 Å². The Morgan fingerprint density at radius 1 is 0.408 bits per heavy atom. The number of ether oxygens (including phenoxy) is 2. The van der Waals surface area contributed by atoms with Gasteiger partial charge in [0, 0.05) is 12.8 Å². The molecule has 0 saturated heterocycles. The Hall–Kier alpha value is -1.77. The maximum Gasteiger partial charge on any atom is 0.472 e. The van der Waals surface area contributed by atoms with Crippen LogP contribution in [0.4, 0.5) is 0 Å². The molecule has 0 rings (SSSR count). The van der Waals surface area contributed by atoms with Crippen molar-refractivity contribution in [1.29, 1.82) is 0 Å². The largest absolute Gasteiger partial charge is 0.472 e. The normalized spacial score (nSPS) is 13.4. The number of carbonyl (C=O) groups is 2. The van der Waals surface area contributed by atoms with Gasteiger partial charge in [0.2, 0.25) is 0 Å². The average Bonchev–Trinajstić information content (AvgIpc) is 3.38. The van der Waals surface area contributed by atoms with Crippen molar-refractivity contribution in [3.05, 3.63) is 36.5 Å². The molecule has 0 saturated carbocycles. The molecule has 10 heteroatoms. The predicted octanol–water partition coefficient (Wildman–Crippen LogP) is 20.7. The minimum atomic E-state index is -4.38. The Morgan fingerprint density at radius 2 is 0.711 bits per heavy atom. The van der Waals surface area contributed by atoms with E-state index in [4.69, 9.17) is 18.5 Å². The average molecular weight is 1090 g/mol. The van der Waals surface area contributed by atoms with Gasteiger partial charge >= 0.3 is 19.8 Å². The highest BCUT2D eigenvalue weighted by atomic mass is 31.2. The van der Waals surface area contributed by atoms with Crippen LogP contribution in [0.2, 0.25) is 0 Å². The molecule has 0 aliphatic heterocycles. The number of carbonyl (C=O) groups excluding carboxylic acids is 2. The van der Waals surface area contributed by atoms with Crippen LogP contribution in [0.3, 0.4) is 0 Å². The van der Waals surface area contributed by atoms with E-state index in [1.54, 1.807) is 0 Å². The maximum absolute atomic E-state index is 12.8. The molecular weight excluding hydrogens is 966 g/mol. The highest BCUT2D eigenvalue weighted by Crippen LogP contribution is 2.43. The van der Waals surface area contributed by atoms with E-state index >= 15 is 0 Å². The van der Waals surface area contributed by atoms with Crippen molar-refractivity contribution < 1.29 is 42.1 Å². The molecule has 0 amide bonds. The summed E-state index contributed by atoms with van der Waals surface area (Å²) in [4.78, 5) is 35.6. The third-order valence-electron chi connectivity index (χ3n) is 14.6. The van der Waals surface area contributed by atoms with Crippen molar-refractivity contribution >= 4 is 19.8 Å². The number of hydrogen-bond acceptors (Lipinski definition) is 7. The van der Waals surface area contributed by atoms with Crippen molar-refractivity contribution in [2.75, 3.05) is 47.5 Å². The van der Waals surface area contributed by atoms with Gasteiger partial charge in [-0.1, -0.05) is 275 Å². The molecule has 0 fully saturated rings. The lowest BCUT2D eigenvalue weighted by Gasteiger charge is -2.24. The molecule has 0 aromatic carbocycles. The fourth-order valence-corrected chi connectivity index (χ4v) is 10.3. The molecule has 0 spiro atoms. The Bertz CT molecular complexity index is 1380. The van der Waals surface area contributed by atoms with Gasteiger partial charge in [0.25, 0.3) is 0 Å².